The number of para-hydroxylation sites is 2. The number of methoxy groups -OCH3 is 1. The van der Waals surface area contributed by atoms with Crippen LogP contribution in [0.1, 0.15) is 12.5 Å². The van der Waals surface area contributed by atoms with Gasteiger partial charge >= 0.3 is 0 Å². The van der Waals surface area contributed by atoms with Crippen LogP contribution >= 0.6 is 39.9 Å². The van der Waals surface area contributed by atoms with Crippen LogP contribution in [-0.4, -0.2) is 36.5 Å². The Labute approximate surface area is 232 Å². The van der Waals surface area contributed by atoms with Crippen molar-refractivity contribution >= 4 is 73.5 Å². The molecule has 1 saturated heterocycles. The number of rotatable bonds is 9. The lowest BCUT2D eigenvalue weighted by Gasteiger charge is -2.14. The van der Waals surface area contributed by atoms with Crippen molar-refractivity contribution in [3.05, 3.63) is 81.7 Å². The summed E-state index contributed by atoms with van der Waals surface area (Å²) < 4.78 is 18.1. The third-order valence-electron chi connectivity index (χ3n) is 5.18. The smallest absolute Gasteiger partial charge is 0.270 e. The van der Waals surface area contributed by atoms with E-state index in [0.29, 0.717) is 44.5 Å². The van der Waals surface area contributed by atoms with Crippen LogP contribution in [0, 0.1) is 0 Å². The first-order valence-corrected chi connectivity index (χ1v) is 13.3. The van der Waals surface area contributed by atoms with Crippen molar-refractivity contribution in [2.45, 2.75) is 6.92 Å². The predicted octanol–water partition coefficient (Wildman–Crippen LogP) is 6.28. The molecule has 0 saturated carbocycles. The van der Waals surface area contributed by atoms with Crippen molar-refractivity contribution in [1.29, 1.82) is 0 Å². The number of nitrogens with zero attached hydrogens (tertiary/aromatic N) is 1. The third kappa shape index (κ3) is 6.51. The van der Waals surface area contributed by atoms with E-state index in [2.05, 4.69) is 21.2 Å². The fraction of sp³-hybridized carbons (Fsp3) is 0.148. The number of thioether (sulfide) groups is 1. The highest BCUT2D eigenvalue weighted by molar-refractivity contribution is 9.10. The van der Waals surface area contributed by atoms with E-state index in [-0.39, 0.29) is 18.4 Å². The molecule has 1 fully saturated rings. The van der Waals surface area contributed by atoms with Crippen molar-refractivity contribution in [2.24, 2.45) is 0 Å². The van der Waals surface area contributed by atoms with Crippen LogP contribution in [0.3, 0.4) is 0 Å². The molecule has 2 amide bonds. The first-order chi connectivity index (χ1) is 17.9. The highest BCUT2D eigenvalue weighted by atomic mass is 79.9. The zero-order valence-electron chi connectivity index (χ0n) is 20.0. The fourth-order valence-corrected chi connectivity index (χ4v) is 5.07. The Morgan fingerprint density at radius 2 is 1.81 bits per heavy atom. The quantitative estimate of drug-likeness (QED) is 0.229. The molecule has 190 valence electrons. The average molecular weight is 600 g/mol. The topological polar surface area (TPSA) is 77.1 Å². The van der Waals surface area contributed by atoms with E-state index in [1.165, 1.54) is 23.8 Å². The maximum atomic E-state index is 13.0. The van der Waals surface area contributed by atoms with Gasteiger partial charge in [0.2, 0.25) is 0 Å². The minimum absolute atomic E-state index is 0.194. The van der Waals surface area contributed by atoms with Crippen LogP contribution in [-0.2, 0) is 9.59 Å². The highest BCUT2D eigenvalue weighted by Gasteiger charge is 2.33. The molecule has 0 spiro atoms. The monoisotopic (exact) mass is 598 g/mol. The molecule has 0 aliphatic carbocycles. The largest absolute Gasteiger partial charge is 0.493 e. The fourth-order valence-electron chi connectivity index (χ4n) is 3.51. The minimum atomic E-state index is -0.338. The number of anilines is 2. The van der Waals surface area contributed by atoms with Gasteiger partial charge in [-0.15, -0.1) is 0 Å². The molecule has 7 nitrogen and oxygen atoms in total. The molecule has 4 rings (SSSR count). The molecule has 37 heavy (non-hydrogen) atoms. The predicted molar refractivity (Wildman–Crippen MR) is 155 cm³/mol. The maximum absolute atomic E-state index is 13.0. The SMILES string of the molecule is CCOc1ccccc1NC(=O)COc1ccc(/C=C2/SC(=S)N(c3ccc(Br)cc3)C2=O)cc1OC. The molecule has 1 N–H and O–H groups in total. The average Bonchev–Trinajstić information content (AvgIpc) is 3.17. The standard InChI is InChI=1S/C27H23BrN2O5S2/c1-3-34-21-7-5-4-6-20(21)29-25(31)16-35-22-13-8-17(14-23(22)33-2)15-24-26(32)30(27(36)37-24)19-11-9-18(28)10-12-19/h4-15H,3,16H2,1-2H3,(H,29,31)/b24-15+. The van der Waals surface area contributed by atoms with Gasteiger partial charge in [-0.1, -0.05) is 58.1 Å². The Morgan fingerprint density at radius 3 is 2.54 bits per heavy atom. The third-order valence-corrected chi connectivity index (χ3v) is 7.01. The second-order valence-electron chi connectivity index (χ2n) is 7.67. The number of halogens is 1. The highest BCUT2D eigenvalue weighted by Crippen LogP contribution is 2.37. The Hall–Kier alpha value is -3.34. The van der Waals surface area contributed by atoms with Gasteiger partial charge in [-0.05, 0) is 67.1 Å². The molecular weight excluding hydrogens is 576 g/mol. The molecule has 10 heteroatoms. The van der Waals surface area contributed by atoms with Gasteiger partial charge in [0.1, 0.15) is 5.75 Å². The van der Waals surface area contributed by atoms with Crippen LogP contribution in [0.2, 0.25) is 0 Å². The van der Waals surface area contributed by atoms with Gasteiger partial charge in [0.25, 0.3) is 11.8 Å². The van der Waals surface area contributed by atoms with Crippen LogP contribution in [0.5, 0.6) is 17.2 Å². The number of thiocarbonyl (C=S) groups is 1. The van der Waals surface area contributed by atoms with E-state index in [1.807, 2.05) is 43.3 Å². The van der Waals surface area contributed by atoms with Gasteiger partial charge in [-0.25, -0.2) is 0 Å². The Bertz CT molecular complexity index is 1360. The van der Waals surface area contributed by atoms with E-state index in [1.54, 1.807) is 36.4 Å². The first kappa shape index (κ1) is 26.7. The summed E-state index contributed by atoms with van der Waals surface area (Å²) in [4.78, 5) is 27.5. The Balaban J connectivity index is 1.44. The first-order valence-electron chi connectivity index (χ1n) is 11.3. The number of carbonyl (C=O) groups excluding carboxylic acids is 2. The zero-order chi connectivity index (χ0) is 26.4. The van der Waals surface area contributed by atoms with Crippen molar-refractivity contribution < 1.29 is 23.8 Å². The lowest BCUT2D eigenvalue weighted by atomic mass is 10.2. The Morgan fingerprint density at radius 1 is 1.05 bits per heavy atom. The molecule has 1 aliphatic rings. The summed E-state index contributed by atoms with van der Waals surface area (Å²) in [6, 6.07) is 19.8. The molecule has 3 aromatic carbocycles. The van der Waals surface area contributed by atoms with E-state index in [0.717, 1.165) is 10.0 Å². The lowest BCUT2D eigenvalue weighted by molar-refractivity contribution is -0.118. The lowest BCUT2D eigenvalue weighted by Crippen LogP contribution is -2.27. The molecule has 0 bridgehead atoms. The summed E-state index contributed by atoms with van der Waals surface area (Å²) in [6.07, 6.45) is 1.75. The zero-order valence-corrected chi connectivity index (χ0v) is 23.2. The minimum Gasteiger partial charge on any atom is -0.493 e. The van der Waals surface area contributed by atoms with Gasteiger partial charge in [0.15, 0.2) is 22.4 Å². The number of hydrogen-bond acceptors (Lipinski definition) is 7. The number of amides is 2. The molecule has 1 aliphatic heterocycles. The molecule has 1 heterocycles. The summed E-state index contributed by atoms with van der Waals surface area (Å²) in [7, 11) is 1.51. The van der Waals surface area contributed by atoms with Gasteiger partial charge in [-0.3, -0.25) is 14.5 Å². The van der Waals surface area contributed by atoms with Gasteiger partial charge in [-0.2, -0.15) is 0 Å². The summed E-state index contributed by atoms with van der Waals surface area (Å²) in [5, 5.41) is 2.79. The van der Waals surface area contributed by atoms with E-state index >= 15 is 0 Å². The summed E-state index contributed by atoms with van der Waals surface area (Å²) in [5.74, 6) is 0.885. The second-order valence-corrected chi connectivity index (χ2v) is 10.3. The second kappa shape index (κ2) is 12.3. The number of carbonyl (C=O) groups is 2. The van der Waals surface area contributed by atoms with Crippen LogP contribution < -0.4 is 24.4 Å². The van der Waals surface area contributed by atoms with Crippen LogP contribution in [0.25, 0.3) is 6.08 Å². The van der Waals surface area contributed by atoms with Crippen molar-refractivity contribution in [2.75, 3.05) is 30.5 Å². The van der Waals surface area contributed by atoms with E-state index in [9.17, 15) is 9.59 Å². The summed E-state index contributed by atoms with van der Waals surface area (Å²) in [6.45, 7) is 2.14. The summed E-state index contributed by atoms with van der Waals surface area (Å²) in [5.41, 5.74) is 2.01. The van der Waals surface area contributed by atoms with Crippen molar-refractivity contribution in [3.8, 4) is 17.2 Å². The van der Waals surface area contributed by atoms with Gasteiger partial charge < -0.3 is 19.5 Å². The normalized spacial score (nSPS) is 14.1. The maximum Gasteiger partial charge on any atom is 0.270 e. The van der Waals surface area contributed by atoms with Gasteiger partial charge in [0.05, 0.1) is 30.0 Å². The van der Waals surface area contributed by atoms with Gasteiger partial charge in [0, 0.05) is 4.47 Å². The summed E-state index contributed by atoms with van der Waals surface area (Å²) >= 11 is 10.1. The number of hydrogen-bond donors (Lipinski definition) is 1. The molecular formula is C27H23BrN2O5S2. The van der Waals surface area contributed by atoms with E-state index in [4.69, 9.17) is 26.4 Å². The number of nitrogens with one attached hydrogen (secondary N) is 1. The van der Waals surface area contributed by atoms with E-state index < -0.39 is 0 Å². The molecule has 0 aromatic heterocycles. The number of ether oxygens (including phenoxy) is 3. The molecule has 0 radical (unpaired) electrons. The van der Waals surface area contributed by atoms with Crippen LogP contribution in [0.4, 0.5) is 11.4 Å². The van der Waals surface area contributed by atoms with Crippen molar-refractivity contribution in [1.82, 2.24) is 0 Å². The molecule has 3 aromatic rings. The van der Waals surface area contributed by atoms with Crippen LogP contribution in [0.15, 0.2) is 76.1 Å². The number of benzene rings is 3. The van der Waals surface area contributed by atoms with Crippen molar-refractivity contribution in [3.63, 3.8) is 0 Å². The molecule has 0 atom stereocenters. The molecule has 0 unspecified atom stereocenters. The Kier molecular flexibility index (Phi) is 8.86.